The van der Waals surface area contributed by atoms with E-state index in [9.17, 15) is 18.9 Å². The van der Waals surface area contributed by atoms with Crippen molar-refractivity contribution in [3.05, 3.63) is 21.9 Å². The van der Waals surface area contributed by atoms with Crippen LogP contribution in [0.3, 0.4) is 0 Å². The second-order valence-corrected chi connectivity index (χ2v) is 2.54. The van der Waals surface area contributed by atoms with Gasteiger partial charge in [-0.05, 0) is 0 Å². The predicted molar refractivity (Wildman–Crippen MR) is 46.8 cm³/mol. The normalized spacial score (nSPS) is 10.4. The van der Waals surface area contributed by atoms with E-state index in [2.05, 4.69) is 9.72 Å². The molecule has 1 rings (SSSR count). The Morgan fingerprint density at radius 1 is 1.67 bits per heavy atom. The van der Waals surface area contributed by atoms with Gasteiger partial charge in [-0.2, -0.15) is 0 Å². The Labute approximate surface area is 82.8 Å². The minimum atomic E-state index is -3.07. The molecule has 0 fully saturated rings. The fraction of sp³-hybridized carbons (Fsp3) is 0.286. The van der Waals surface area contributed by atoms with Gasteiger partial charge in [0.25, 0.3) is 6.43 Å². The van der Waals surface area contributed by atoms with Crippen LogP contribution in [0, 0.1) is 10.1 Å². The summed E-state index contributed by atoms with van der Waals surface area (Å²) in [5.74, 6) is -0.495. The number of hydrogen-bond acceptors (Lipinski definition) is 5. The lowest BCUT2D eigenvalue weighted by molar-refractivity contribution is -0.385. The summed E-state index contributed by atoms with van der Waals surface area (Å²) >= 11 is 0. The Bertz CT molecular complexity index is 397. The molecule has 0 aliphatic heterocycles. The molecule has 0 amide bonds. The molecule has 15 heavy (non-hydrogen) atoms. The van der Waals surface area contributed by atoms with Gasteiger partial charge < -0.3 is 10.5 Å². The Balaban J connectivity index is 3.51. The van der Waals surface area contributed by atoms with Crippen molar-refractivity contribution >= 4 is 11.4 Å². The minimum Gasteiger partial charge on any atom is -0.480 e. The van der Waals surface area contributed by atoms with E-state index in [1.165, 1.54) is 0 Å². The zero-order chi connectivity index (χ0) is 11.6. The summed E-state index contributed by atoms with van der Waals surface area (Å²) in [5, 5.41) is 10.5. The zero-order valence-electron chi connectivity index (χ0n) is 7.61. The van der Waals surface area contributed by atoms with Crippen LogP contribution in [0.25, 0.3) is 0 Å². The van der Waals surface area contributed by atoms with E-state index in [1.807, 2.05) is 0 Å². The highest BCUT2D eigenvalue weighted by atomic mass is 19.3. The second-order valence-electron chi connectivity index (χ2n) is 2.54. The van der Waals surface area contributed by atoms with Gasteiger partial charge in [0.15, 0.2) is 5.56 Å². The molecule has 0 saturated heterocycles. The molecule has 1 aromatic rings. The molecule has 0 aromatic carbocycles. The van der Waals surface area contributed by atoms with Crippen molar-refractivity contribution in [1.29, 1.82) is 0 Å². The molecule has 1 heterocycles. The van der Waals surface area contributed by atoms with E-state index in [-0.39, 0.29) is 0 Å². The number of anilines is 1. The molecular weight excluding hydrogens is 212 g/mol. The number of nitrogen functional groups attached to an aromatic ring is 1. The lowest BCUT2D eigenvalue weighted by Crippen LogP contribution is -2.05. The first-order valence-corrected chi connectivity index (χ1v) is 3.74. The smallest absolute Gasteiger partial charge is 0.308 e. The van der Waals surface area contributed by atoms with E-state index >= 15 is 0 Å². The lowest BCUT2D eigenvalue weighted by atomic mass is 10.2. The Morgan fingerprint density at radius 2 is 2.27 bits per heavy atom. The van der Waals surface area contributed by atoms with Gasteiger partial charge in [-0.1, -0.05) is 0 Å². The summed E-state index contributed by atoms with van der Waals surface area (Å²) in [6.45, 7) is 0. The first-order valence-electron chi connectivity index (χ1n) is 3.74. The van der Waals surface area contributed by atoms with Gasteiger partial charge >= 0.3 is 5.69 Å². The maximum absolute atomic E-state index is 12.5. The van der Waals surface area contributed by atoms with Gasteiger partial charge in [-0.3, -0.25) is 10.1 Å². The average Bonchev–Trinajstić information content (AvgIpc) is 2.16. The van der Waals surface area contributed by atoms with Crippen LogP contribution in [0.2, 0.25) is 0 Å². The van der Waals surface area contributed by atoms with Crippen LogP contribution >= 0.6 is 0 Å². The van der Waals surface area contributed by atoms with Crippen molar-refractivity contribution in [2.75, 3.05) is 12.8 Å². The zero-order valence-corrected chi connectivity index (χ0v) is 7.61. The van der Waals surface area contributed by atoms with Crippen molar-refractivity contribution in [3.8, 4) is 5.88 Å². The largest absolute Gasteiger partial charge is 0.480 e. The molecular formula is C7H7F2N3O3. The first-order chi connectivity index (χ1) is 6.99. The SMILES string of the molecule is COc1ncc(N)c([N+](=O)[O-])c1C(F)F. The average molecular weight is 219 g/mol. The molecule has 0 aliphatic rings. The number of rotatable bonds is 3. The molecule has 0 spiro atoms. The first kappa shape index (κ1) is 11.1. The quantitative estimate of drug-likeness (QED) is 0.614. The van der Waals surface area contributed by atoms with Crippen molar-refractivity contribution in [2.24, 2.45) is 0 Å². The summed E-state index contributed by atoms with van der Waals surface area (Å²) in [7, 11) is 1.09. The van der Waals surface area contributed by atoms with Crippen LogP contribution in [0.15, 0.2) is 6.20 Å². The summed E-state index contributed by atoms with van der Waals surface area (Å²) in [6.07, 6.45) is -2.17. The van der Waals surface area contributed by atoms with Gasteiger partial charge in [-0.15, -0.1) is 0 Å². The molecule has 0 saturated carbocycles. The number of nitrogens with two attached hydrogens (primary N) is 1. The molecule has 0 bridgehead atoms. The molecule has 2 N–H and O–H groups in total. The number of methoxy groups -OCH3 is 1. The number of hydrogen-bond donors (Lipinski definition) is 1. The number of alkyl halides is 2. The van der Waals surface area contributed by atoms with Gasteiger partial charge in [0.2, 0.25) is 5.88 Å². The summed E-state index contributed by atoms with van der Waals surface area (Å²) < 4.78 is 29.6. The molecule has 1 aromatic heterocycles. The van der Waals surface area contributed by atoms with E-state index in [4.69, 9.17) is 5.73 Å². The third-order valence-corrected chi connectivity index (χ3v) is 1.67. The predicted octanol–water partition coefficient (Wildman–Crippen LogP) is 1.52. The van der Waals surface area contributed by atoms with Crippen LogP contribution in [0.1, 0.15) is 12.0 Å². The molecule has 82 valence electrons. The third kappa shape index (κ3) is 1.92. The van der Waals surface area contributed by atoms with Crippen molar-refractivity contribution in [2.45, 2.75) is 6.43 Å². The van der Waals surface area contributed by atoms with Crippen LogP contribution < -0.4 is 10.5 Å². The minimum absolute atomic E-state index is 0.420. The Morgan fingerprint density at radius 3 is 2.67 bits per heavy atom. The molecule has 0 radical (unpaired) electrons. The van der Waals surface area contributed by atoms with Gasteiger partial charge in [0, 0.05) is 0 Å². The molecule has 6 nitrogen and oxygen atoms in total. The summed E-state index contributed by atoms with van der Waals surface area (Å²) in [4.78, 5) is 13.0. The molecule has 0 unspecified atom stereocenters. The van der Waals surface area contributed by atoms with E-state index in [1.54, 1.807) is 0 Å². The van der Waals surface area contributed by atoms with Crippen LogP contribution in [-0.2, 0) is 0 Å². The van der Waals surface area contributed by atoms with Crippen LogP contribution in [0.4, 0.5) is 20.2 Å². The highest BCUT2D eigenvalue weighted by Crippen LogP contribution is 2.38. The van der Waals surface area contributed by atoms with Crippen LogP contribution in [0.5, 0.6) is 5.88 Å². The second kappa shape index (κ2) is 4.03. The molecule has 0 atom stereocenters. The fourth-order valence-electron chi connectivity index (χ4n) is 1.08. The monoisotopic (exact) mass is 219 g/mol. The van der Waals surface area contributed by atoms with Gasteiger partial charge in [0.05, 0.1) is 18.2 Å². The maximum atomic E-state index is 12.5. The van der Waals surface area contributed by atoms with Crippen molar-refractivity contribution in [3.63, 3.8) is 0 Å². The van der Waals surface area contributed by atoms with Crippen molar-refractivity contribution < 1.29 is 18.4 Å². The fourth-order valence-corrected chi connectivity index (χ4v) is 1.08. The van der Waals surface area contributed by atoms with Gasteiger partial charge in [-0.25, -0.2) is 13.8 Å². The van der Waals surface area contributed by atoms with E-state index in [0.29, 0.717) is 0 Å². The lowest BCUT2D eigenvalue weighted by Gasteiger charge is -2.08. The molecule has 8 heteroatoms. The third-order valence-electron chi connectivity index (χ3n) is 1.67. The topological polar surface area (TPSA) is 91.3 Å². The Kier molecular flexibility index (Phi) is 2.98. The number of pyridine rings is 1. The highest BCUT2D eigenvalue weighted by Gasteiger charge is 2.30. The van der Waals surface area contributed by atoms with Gasteiger partial charge in [0.1, 0.15) is 5.69 Å². The highest BCUT2D eigenvalue weighted by molar-refractivity contribution is 5.64. The number of halogens is 2. The van der Waals surface area contributed by atoms with Crippen molar-refractivity contribution in [1.82, 2.24) is 4.98 Å². The summed E-state index contributed by atoms with van der Waals surface area (Å²) in [6, 6.07) is 0. The Hall–Kier alpha value is -1.99. The maximum Gasteiger partial charge on any atom is 0.308 e. The molecule has 0 aliphatic carbocycles. The van der Waals surface area contributed by atoms with E-state index < -0.39 is 34.2 Å². The van der Waals surface area contributed by atoms with Crippen LogP contribution in [-0.4, -0.2) is 17.0 Å². The number of ether oxygens (including phenoxy) is 1. The number of aromatic nitrogens is 1. The standard InChI is InChI=1S/C7H7F2N3O3/c1-15-7-4(6(8)9)5(12(13)14)3(10)2-11-7/h2,6H,10H2,1H3. The van der Waals surface area contributed by atoms with E-state index in [0.717, 1.165) is 13.3 Å². The number of nitro groups is 1. The number of nitrogens with zero attached hydrogens (tertiary/aromatic N) is 2. The summed E-state index contributed by atoms with van der Waals surface area (Å²) in [5.41, 5.74) is 3.01.